The molecule has 0 radical (unpaired) electrons. The van der Waals surface area contributed by atoms with Gasteiger partial charge in [0.2, 0.25) is 0 Å². The molecule has 0 N–H and O–H groups in total. The van der Waals surface area contributed by atoms with Crippen molar-refractivity contribution in [3.8, 4) is 0 Å². The van der Waals surface area contributed by atoms with E-state index in [0.717, 1.165) is 19.3 Å². The summed E-state index contributed by atoms with van der Waals surface area (Å²) < 4.78 is 11.0. The van der Waals surface area contributed by atoms with Crippen LogP contribution in [-0.4, -0.2) is 33.9 Å². The highest BCUT2D eigenvalue weighted by Gasteiger charge is 2.60. The van der Waals surface area contributed by atoms with Crippen LogP contribution in [0.1, 0.15) is 40.0 Å². The molecular formula is C19H34O4Si. The average Bonchev–Trinajstić information content (AvgIpc) is 3.06. The van der Waals surface area contributed by atoms with Crippen molar-refractivity contribution >= 4 is 20.7 Å². The van der Waals surface area contributed by atoms with E-state index in [0.29, 0.717) is 25.0 Å². The second kappa shape index (κ2) is 8.50. The summed E-state index contributed by atoms with van der Waals surface area (Å²) >= 11 is 0. The molecule has 0 aromatic carbocycles. The Hall–Kier alpha value is -0.843. The van der Waals surface area contributed by atoms with Gasteiger partial charge in [-0.1, -0.05) is 39.9 Å². The van der Waals surface area contributed by atoms with Crippen molar-refractivity contribution in [2.24, 2.45) is 35.5 Å². The van der Waals surface area contributed by atoms with Gasteiger partial charge in [0.1, 0.15) is 0 Å². The molecule has 4 nitrogen and oxygen atoms in total. The molecule has 138 valence electrons. The predicted molar refractivity (Wildman–Crippen MR) is 97.4 cm³/mol. The summed E-state index contributed by atoms with van der Waals surface area (Å²) in [6.07, 6.45) is 2.73. The lowest BCUT2D eigenvalue weighted by Gasteiger charge is -2.35. The van der Waals surface area contributed by atoms with Gasteiger partial charge in [-0.05, 0) is 42.9 Å². The first-order chi connectivity index (χ1) is 11.4. The van der Waals surface area contributed by atoms with Crippen molar-refractivity contribution < 1.29 is 19.1 Å². The maximum atomic E-state index is 12.7. The summed E-state index contributed by atoms with van der Waals surface area (Å²) in [5.41, 5.74) is 0. The smallest absolute Gasteiger partial charge is 0.310 e. The molecule has 0 aliphatic heterocycles. The van der Waals surface area contributed by atoms with Crippen molar-refractivity contribution in [3.63, 3.8) is 0 Å². The van der Waals surface area contributed by atoms with Crippen molar-refractivity contribution in [2.45, 2.75) is 59.2 Å². The van der Waals surface area contributed by atoms with Crippen molar-refractivity contribution in [2.75, 3.05) is 13.2 Å². The Morgan fingerprint density at radius 3 is 1.92 bits per heavy atom. The maximum Gasteiger partial charge on any atom is 0.310 e. The lowest BCUT2D eigenvalue weighted by Crippen LogP contribution is -2.42. The fourth-order valence-corrected chi connectivity index (χ4v) is 5.69. The van der Waals surface area contributed by atoms with E-state index in [4.69, 9.17) is 9.47 Å². The number of rotatable bonds is 8. The van der Waals surface area contributed by atoms with E-state index in [2.05, 4.69) is 26.9 Å². The molecular weight excluding hydrogens is 320 g/mol. The van der Waals surface area contributed by atoms with Crippen LogP contribution in [0.15, 0.2) is 0 Å². The fraction of sp³-hybridized carbons (Fsp3) is 0.895. The van der Waals surface area contributed by atoms with Gasteiger partial charge in [0.15, 0.2) is 0 Å². The van der Waals surface area contributed by atoms with E-state index < -0.39 is 8.80 Å². The molecule has 2 fully saturated rings. The predicted octanol–water partition coefficient (Wildman–Crippen LogP) is 3.51. The molecule has 2 bridgehead atoms. The fourth-order valence-electron chi connectivity index (χ4n) is 4.71. The molecule has 5 heteroatoms. The number of ether oxygens (including phenoxy) is 2. The summed E-state index contributed by atoms with van der Waals surface area (Å²) in [4.78, 5) is 25.3. The first kappa shape index (κ1) is 19.5. The molecule has 0 heterocycles. The Bertz CT molecular complexity index is 451. The molecule has 2 aliphatic carbocycles. The second-order valence-corrected chi connectivity index (χ2v) is 11.6. The minimum absolute atomic E-state index is 0.162. The molecule has 2 rings (SSSR count). The Balaban J connectivity index is 2.01. The van der Waals surface area contributed by atoms with Gasteiger partial charge in [0, 0.05) is 8.80 Å². The number of hydrogen-bond donors (Lipinski definition) is 0. The van der Waals surface area contributed by atoms with Gasteiger partial charge in [0.25, 0.3) is 0 Å². The standard InChI is InChI=1S/C19H34O4Si/c1-6-8-22-18(20)16-14-11-15(13(3)12(14)2)17(16)19(21)23-9-7-10-24(4)5/h12-17,24H,6-11H2,1-5H3. The highest BCUT2D eigenvalue weighted by molar-refractivity contribution is 6.55. The number of fused-ring (bicyclic) bond motifs is 2. The van der Waals surface area contributed by atoms with Crippen LogP contribution < -0.4 is 0 Å². The molecule has 0 saturated heterocycles. The molecule has 0 aromatic heterocycles. The first-order valence-corrected chi connectivity index (χ1v) is 12.8. The quantitative estimate of drug-likeness (QED) is 0.380. The van der Waals surface area contributed by atoms with Gasteiger partial charge in [-0.2, -0.15) is 0 Å². The molecule has 6 unspecified atom stereocenters. The zero-order valence-electron chi connectivity index (χ0n) is 15.9. The zero-order chi connectivity index (χ0) is 17.9. The van der Waals surface area contributed by atoms with E-state index >= 15 is 0 Å². The van der Waals surface area contributed by atoms with Crippen LogP contribution in [0.25, 0.3) is 0 Å². The summed E-state index contributed by atoms with van der Waals surface area (Å²) in [5.74, 6) is 0.577. The van der Waals surface area contributed by atoms with Crippen molar-refractivity contribution in [1.82, 2.24) is 0 Å². The van der Waals surface area contributed by atoms with E-state index in [9.17, 15) is 9.59 Å². The van der Waals surface area contributed by atoms with E-state index in [1.54, 1.807) is 0 Å². The topological polar surface area (TPSA) is 52.6 Å². The van der Waals surface area contributed by atoms with Crippen LogP contribution in [0.4, 0.5) is 0 Å². The lowest BCUT2D eigenvalue weighted by atomic mass is 9.69. The summed E-state index contributed by atoms with van der Waals surface area (Å²) in [6.45, 7) is 12.0. The van der Waals surface area contributed by atoms with Crippen molar-refractivity contribution in [1.29, 1.82) is 0 Å². The van der Waals surface area contributed by atoms with Crippen LogP contribution in [-0.2, 0) is 19.1 Å². The molecule has 24 heavy (non-hydrogen) atoms. The number of carbonyl (C=O) groups is 2. The molecule has 2 saturated carbocycles. The van der Waals surface area contributed by atoms with Crippen LogP contribution in [0, 0.1) is 35.5 Å². The summed E-state index contributed by atoms with van der Waals surface area (Å²) in [7, 11) is -0.598. The minimum atomic E-state index is -0.598. The SMILES string of the molecule is CCCOC(=O)C1C2CC(C(C)C2C)C1C(=O)OCCC[SiH](C)C. The van der Waals surface area contributed by atoms with Crippen LogP contribution in [0.3, 0.4) is 0 Å². The Morgan fingerprint density at radius 2 is 1.46 bits per heavy atom. The average molecular weight is 355 g/mol. The number of esters is 2. The number of hydrogen-bond acceptors (Lipinski definition) is 4. The monoisotopic (exact) mass is 354 g/mol. The highest BCUT2D eigenvalue weighted by atomic mass is 28.3. The van der Waals surface area contributed by atoms with Crippen LogP contribution in [0.2, 0.25) is 19.1 Å². The molecule has 0 spiro atoms. The zero-order valence-corrected chi connectivity index (χ0v) is 17.1. The van der Waals surface area contributed by atoms with E-state index in [-0.39, 0.29) is 35.6 Å². The minimum Gasteiger partial charge on any atom is -0.465 e. The van der Waals surface area contributed by atoms with Gasteiger partial charge in [0.05, 0.1) is 25.0 Å². The van der Waals surface area contributed by atoms with Gasteiger partial charge in [-0.3, -0.25) is 9.59 Å². The normalized spacial score (nSPS) is 34.6. The van der Waals surface area contributed by atoms with Gasteiger partial charge >= 0.3 is 11.9 Å². The van der Waals surface area contributed by atoms with Gasteiger partial charge in [-0.25, -0.2) is 0 Å². The third kappa shape index (κ3) is 4.03. The van der Waals surface area contributed by atoms with Crippen LogP contribution >= 0.6 is 0 Å². The van der Waals surface area contributed by atoms with Crippen molar-refractivity contribution in [3.05, 3.63) is 0 Å². The second-order valence-electron chi connectivity index (χ2n) is 8.20. The third-order valence-electron chi connectivity index (χ3n) is 6.20. The van der Waals surface area contributed by atoms with E-state index in [1.165, 1.54) is 6.04 Å². The molecule has 6 atom stereocenters. The third-order valence-corrected chi connectivity index (χ3v) is 7.76. The lowest BCUT2D eigenvalue weighted by molar-refractivity contribution is -0.165. The maximum absolute atomic E-state index is 12.7. The first-order valence-electron chi connectivity index (χ1n) is 9.71. The number of carbonyl (C=O) groups excluding carboxylic acids is 2. The molecule has 0 aromatic rings. The summed E-state index contributed by atoms with van der Waals surface area (Å²) in [5, 5.41) is 0. The highest BCUT2D eigenvalue weighted by Crippen LogP contribution is 2.58. The van der Waals surface area contributed by atoms with Gasteiger partial charge < -0.3 is 9.47 Å². The van der Waals surface area contributed by atoms with Crippen LogP contribution in [0.5, 0.6) is 0 Å². The van der Waals surface area contributed by atoms with Gasteiger partial charge in [-0.15, -0.1) is 0 Å². The Kier molecular flexibility index (Phi) is 6.90. The Labute approximate surface area is 148 Å². The summed E-state index contributed by atoms with van der Waals surface area (Å²) in [6, 6.07) is 1.19. The molecule has 2 aliphatic rings. The largest absolute Gasteiger partial charge is 0.465 e. The Morgan fingerprint density at radius 1 is 0.958 bits per heavy atom. The molecule has 0 amide bonds. The van der Waals surface area contributed by atoms with E-state index in [1.807, 2.05) is 6.92 Å².